The third kappa shape index (κ3) is 2.50. The Labute approximate surface area is 160 Å². The normalized spacial score (nSPS) is 20.2. The lowest BCUT2D eigenvalue weighted by atomic mass is 9.63. The topological polar surface area (TPSA) is 137 Å². The highest BCUT2D eigenvalue weighted by atomic mass is 16.6. The number of allylic oxidation sites excluding steroid dienone is 1. The fraction of sp³-hybridized carbons (Fsp3) is 0.368. The van der Waals surface area contributed by atoms with Crippen molar-refractivity contribution in [3.05, 3.63) is 46.3 Å². The minimum absolute atomic E-state index is 0.0676. The van der Waals surface area contributed by atoms with Crippen LogP contribution in [-0.2, 0) is 15.0 Å². The molecule has 9 nitrogen and oxygen atoms in total. The minimum Gasteiger partial charge on any atom is -0.478 e. The Bertz CT molecular complexity index is 1020. The lowest BCUT2D eigenvalue weighted by molar-refractivity contribution is -0.134. The standard InChI is InChI=1S/C19H21N3O6/c1-4-19(11-7-6-8-12-16(11)21-28-20-12)14(17(24)25)10(3)22(5-2)13(9-23)15(19)18(26)27/h6-8,23H,4-5,9H2,1-3H3,(H,24,25)(H,26,27). The molecule has 9 heteroatoms. The highest BCUT2D eigenvalue weighted by molar-refractivity contribution is 6.02. The Balaban J connectivity index is 2.55. The van der Waals surface area contributed by atoms with Crippen LogP contribution in [0.1, 0.15) is 32.8 Å². The zero-order chi connectivity index (χ0) is 20.6. The molecule has 0 radical (unpaired) electrons. The van der Waals surface area contributed by atoms with E-state index < -0.39 is 24.0 Å². The molecule has 0 fully saturated rings. The third-order valence-electron chi connectivity index (χ3n) is 5.40. The Morgan fingerprint density at radius 3 is 2.36 bits per heavy atom. The maximum atomic E-state index is 12.4. The number of benzene rings is 1. The number of fused-ring (bicyclic) bond motifs is 1. The maximum absolute atomic E-state index is 12.4. The van der Waals surface area contributed by atoms with Gasteiger partial charge in [0.05, 0.1) is 28.9 Å². The van der Waals surface area contributed by atoms with E-state index in [2.05, 4.69) is 10.3 Å². The third-order valence-corrected chi connectivity index (χ3v) is 5.40. The van der Waals surface area contributed by atoms with Crippen LogP contribution in [0.2, 0.25) is 0 Å². The zero-order valence-corrected chi connectivity index (χ0v) is 15.8. The summed E-state index contributed by atoms with van der Waals surface area (Å²) in [7, 11) is 0. The van der Waals surface area contributed by atoms with Crippen LogP contribution in [0.25, 0.3) is 11.0 Å². The number of nitrogens with zero attached hydrogens (tertiary/aromatic N) is 3. The second-order valence-electron chi connectivity index (χ2n) is 6.49. The molecule has 2 heterocycles. The van der Waals surface area contributed by atoms with Crippen LogP contribution >= 0.6 is 0 Å². The first-order chi connectivity index (χ1) is 13.3. The van der Waals surface area contributed by atoms with Crippen molar-refractivity contribution in [1.29, 1.82) is 0 Å². The number of rotatable bonds is 6. The summed E-state index contributed by atoms with van der Waals surface area (Å²) in [5.74, 6) is -2.54. The highest BCUT2D eigenvalue weighted by Crippen LogP contribution is 2.50. The van der Waals surface area contributed by atoms with Crippen LogP contribution < -0.4 is 0 Å². The second kappa shape index (κ2) is 7.08. The summed E-state index contributed by atoms with van der Waals surface area (Å²) in [5, 5.41) is 37.9. The van der Waals surface area contributed by atoms with Crippen molar-refractivity contribution in [3.8, 4) is 0 Å². The van der Waals surface area contributed by atoms with Gasteiger partial charge in [0.2, 0.25) is 0 Å². The quantitative estimate of drug-likeness (QED) is 0.678. The van der Waals surface area contributed by atoms with Crippen LogP contribution in [0.5, 0.6) is 0 Å². The molecule has 148 valence electrons. The second-order valence-corrected chi connectivity index (χ2v) is 6.49. The van der Waals surface area contributed by atoms with Crippen molar-refractivity contribution in [2.45, 2.75) is 32.6 Å². The summed E-state index contributed by atoms with van der Waals surface area (Å²) in [6.45, 7) is 4.85. The van der Waals surface area contributed by atoms with Gasteiger partial charge in [-0.05, 0) is 42.2 Å². The average Bonchev–Trinajstić information content (AvgIpc) is 3.14. The number of aliphatic carboxylic acids is 2. The van der Waals surface area contributed by atoms with Gasteiger partial charge in [-0.2, -0.15) is 0 Å². The molecule has 1 aromatic carbocycles. The Hall–Kier alpha value is -3.20. The van der Waals surface area contributed by atoms with Crippen molar-refractivity contribution >= 4 is 23.0 Å². The van der Waals surface area contributed by atoms with Gasteiger partial charge in [0, 0.05) is 12.2 Å². The number of carbonyl (C=O) groups is 2. The Morgan fingerprint density at radius 2 is 1.82 bits per heavy atom. The summed E-state index contributed by atoms with van der Waals surface area (Å²) < 4.78 is 4.81. The predicted octanol–water partition coefficient (Wildman–Crippen LogP) is 1.90. The molecule has 28 heavy (non-hydrogen) atoms. The van der Waals surface area contributed by atoms with Crippen LogP contribution in [-0.4, -0.2) is 55.6 Å². The van der Waals surface area contributed by atoms with Crippen LogP contribution in [0.15, 0.2) is 45.4 Å². The molecule has 1 aromatic heterocycles. The van der Waals surface area contributed by atoms with Crippen LogP contribution in [0.3, 0.4) is 0 Å². The van der Waals surface area contributed by atoms with E-state index in [1.165, 1.54) is 4.90 Å². The van der Waals surface area contributed by atoms with E-state index in [4.69, 9.17) is 4.63 Å². The van der Waals surface area contributed by atoms with Gasteiger partial charge in [0.15, 0.2) is 0 Å². The van der Waals surface area contributed by atoms with Gasteiger partial charge in [-0.1, -0.05) is 19.1 Å². The summed E-state index contributed by atoms with van der Waals surface area (Å²) in [4.78, 5) is 26.3. The number of likely N-dealkylation sites (N-methyl/N-ethyl adjacent to an activating group) is 1. The molecular weight excluding hydrogens is 366 g/mol. The van der Waals surface area contributed by atoms with E-state index in [9.17, 15) is 24.9 Å². The molecule has 3 N–H and O–H groups in total. The van der Waals surface area contributed by atoms with Crippen LogP contribution in [0.4, 0.5) is 0 Å². The molecule has 1 unspecified atom stereocenters. The van der Waals surface area contributed by atoms with Crippen molar-refractivity contribution in [1.82, 2.24) is 15.2 Å². The molecule has 0 bridgehead atoms. The maximum Gasteiger partial charge on any atom is 0.334 e. The molecule has 0 saturated carbocycles. The van der Waals surface area contributed by atoms with E-state index in [-0.39, 0.29) is 28.8 Å². The number of carboxylic acids is 2. The molecule has 1 aliphatic heterocycles. The van der Waals surface area contributed by atoms with Gasteiger partial charge in [0.25, 0.3) is 0 Å². The molecule has 0 aliphatic carbocycles. The molecule has 0 saturated heterocycles. The smallest absolute Gasteiger partial charge is 0.334 e. The van der Waals surface area contributed by atoms with Crippen molar-refractivity contribution in [2.75, 3.05) is 13.2 Å². The first kappa shape index (κ1) is 19.6. The van der Waals surface area contributed by atoms with E-state index in [1.807, 2.05) is 0 Å². The summed E-state index contributed by atoms with van der Waals surface area (Å²) >= 11 is 0. The SMILES string of the molecule is CCN1C(C)=C(C(=O)O)C(CC)(c2cccc3nonc23)C(C(=O)O)=C1CO. The van der Waals surface area contributed by atoms with E-state index in [1.54, 1.807) is 39.0 Å². The van der Waals surface area contributed by atoms with Gasteiger partial charge < -0.3 is 20.2 Å². The number of aliphatic hydroxyl groups excluding tert-OH is 1. The molecule has 3 rings (SSSR count). The Kier molecular flexibility index (Phi) is 4.95. The number of hydrogen-bond acceptors (Lipinski definition) is 7. The van der Waals surface area contributed by atoms with Crippen molar-refractivity contribution < 1.29 is 29.5 Å². The van der Waals surface area contributed by atoms with Gasteiger partial charge in [-0.15, -0.1) is 0 Å². The van der Waals surface area contributed by atoms with Crippen molar-refractivity contribution in [2.24, 2.45) is 0 Å². The van der Waals surface area contributed by atoms with Gasteiger partial charge in [-0.25, -0.2) is 14.2 Å². The predicted molar refractivity (Wildman–Crippen MR) is 98.2 cm³/mol. The monoisotopic (exact) mass is 387 g/mol. The molecule has 0 spiro atoms. The molecular formula is C19H21N3O6. The van der Waals surface area contributed by atoms with Gasteiger partial charge in [0.1, 0.15) is 11.0 Å². The number of aromatic nitrogens is 2. The Morgan fingerprint density at radius 1 is 1.14 bits per heavy atom. The molecule has 0 amide bonds. The summed E-state index contributed by atoms with van der Waals surface area (Å²) in [5.41, 5.74) is -0.210. The molecule has 1 atom stereocenters. The van der Waals surface area contributed by atoms with Gasteiger partial charge in [-0.3, -0.25) is 0 Å². The number of carboxylic acid groups (broad SMARTS) is 2. The average molecular weight is 387 g/mol. The summed E-state index contributed by atoms with van der Waals surface area (Å²) in [6.07, 6.45) is 0.126. The fourth-order valence-corrected chi connectivity index (χ4v) is 4.35. The largest absolute Gasteiger partial charge is 0.478 e. The summed E-state index contributed by atoms with van der Waals surface area (Å²) in [6, 6.07) is 4.93. The number of aliphatic hydroxyl groups is 1. The van der Waals surface area contributed by atoms with Crippen LogP contribution in [0, 0.1) is 0 Å². The van der Waals surface area contributed by atoms with E-state index in [0.29, 0.717) is 23.3 Å². The van der Waals surface area contributed by atoms with Gasteiger partial charge >= 0.3 is 11.9 Å². The molecule has 2 aromatic rings. The number of hydrogen-bond donors (Lipinski definition) is 3. The highest BCUT2D eigenvalue weighted by Gasteiger charge is 2.52. The lowest BCUT2D eigenvalue weighted by Crippen LogP contribution is -2.46. The first-order valence-corrected chi connectivity index (χ1v) is 8.86. The first-order valence-electron chi connectivity index (χ1n) is 8.86. The lowest BCUT2D eigenvalue weighted by Gasteiger charge is -2.44. The van der Waals surface area contributed by atoms with E-state index >= 15 is 0 Å². The minimum atomic E-state index is -1.54. The zero-order valence-electron chi connectivity index (χ0n) is 15.8. The van der Waals surface area contributed by atoms with E-state index in [0.717, 1.165) is 0 Å². The fourth-order valence-electron chi connectivity index (χ4n) is 4.35. The molecule has 1 aliphatic rings. The van der Waals surface area contributed by atoms with Crippen molar-refractivity contribution in [3.63, 3.8) is 0 Å².